The Balaban J connectivity index is 1.59. The number of para-hydroxylation sites is 2. The van der Waals surface area contributed by atoms with Crippen LogP contribution in [0.1, 0.15) is 11.1 Å². The predicted octanol–water partition coefficient (Wildman–Crippen LogP) is 4.67. The lowest BCUT2D eigenvalue weighted by molar-refractivity contribution is 0.763. The van der Waals surface area contributed by atoms with Crippen molar-refractivity contribution >= 4 is 11.4 Å². The average Bonchev–Trinajstić information content (AvgIpc) is 2.95. The van der Waals surface area contributed by atoms with Gasteiger partial charge in [-0.1, -0.05) is 72.8 Å². The summed E-state index contributed by atoms with van der Waals surface area (Å²) in [4.78, 5) is 4.90. The van der Waals surface area contributed by atoms with Crippen LogP contribution in [0.4, 0.5) is 11.4 Å². The number of benzene rings is 3. The molecule has 0 unspecified atom stereocenters. The highest BCUT2D eigenvalue weighted by Crippen LogP contribution is 2.37. The molecule has 0 aromatic heterocycles. The first-order valence-corrected chi connectivity index (χ1v) is 8.07. The van der Waals surface area contributed by atoms with E-state index in [0.29, 0.717) is 0 Å². The van der Waals surface area contributed by atoms with Crippen LogP contribution in [-0.4, -0.2) is 6.67 Å². The molecule has 0 radical (unpaired) electrons. The largest absolute Gasteiger partial charge is 0.348 e. The molecule has 0 bridgehead atoms. The maximum absolute atomic E-state index is 2.45. The van der Waals surface area contributed by atoms with Crippen molar-refractivity contribution in [1.82, 2.24) is 0 Å². The Morgan fingerprint density at radius 1 is 0.522 bits per heavy atom. The minimum atomic E-state index is 0.934. The molecule has 0 spiro atoms. The van der Waals surface area contributed by atoms with E-state index in [1.807, 2.05) is 0 Å². The zero-order valence-corrected chi connectivity index (χ0v) is 13.1. The van der Waals surface area contributed by atoms with Gasteiger partial charge in [0.05, 0.1) is 18.0 Å². The SMILES string of the molecule is c1ccc(CN2CN(Cc3ccccc3)c3ccccc32)cc1. The van der Waals surface area contributed by atoms with E-state index in [4.69, 9.17) is 0 Å². The first-order valence-electron chi connectivity index (χ1n) is 8.07. The van der Waals surface area contributed by atoms with Crippen molar-refractivity contribution in [2.24, 2.45) is 0 Å². The summed E-state index contributed by atoms with van der Waals surface area (Å²) in [5, 5.41) is 0. The number of hydrogen-bond donors (Lipinski definition) is 0. The van der Waals surface area contributed by atoms with Crippen LogP contribution in [0.25, 0.3) is 0 Å². The smallest absolute Gasteiger partial charge is 0.0911 e. The van der Waals surface area contributed by atoms with E-state index >= 15 is 0 Å². The van der Waals surface area contributed by atoms with Crippen LogP contribution in [0.3, 0.4) is 0 Å². The van der Waals surface area contributed by atoms with Gasteiger partial charge in [0.1, 0.15) is 0 Å². The highest BCUT2D eigenvalue weighted by Gasteiger charge is 2.25. The number of hydrogen-bond acceptors (Lipinski definition) is 2. The molecular weight excluding hydrogens is 280 g/mol. The minimum absolute atomic E-state index is 0.934. The summed E-state index contributed by atoms with van der Waals surface area (Å²) in [6.45, 7) is 2.83. The summed E-state index contributed by atoms with van der Waals surface area (Å²) in [6, 6.07) is 30.1. The van der Waals surface area contributed by atoms with E-state index in [9.17, 15) is 0 Å². The van der Waals surface area contributed by atoms with Crippen LogP contribution in [0, 0.1) is 0 Å². The van der Waals surface area contributed by atoms with E-state index in [0.717, 1.165) is 19.8 Å². The van der Waals surface area contributed by atoms with Gasteiger partial charge in [-0.2, -0.15) is 0 Å². The summed E-state index contributed by atoms with van der Waals surface area (Å²) in [7, 11) is 0. The Kier molecular flexibility index (Phi) is 3.73. The topological polar surface area (TPSA) is 6.48 Å². The quantitative estimate of drug-likeness (QED) is 0.691. The molecule has 0 fully saturated rings. The maximum atomic E-state index is 2.45. The third kappa shape index (κ3) is 2.93. The Hall–Kier alpha value is -2.74. The number of nitrogens with zero attached hydrogens (tertiary/aromatic N) is 2. The van der Waals surface area contributed by atoms with Crippen LogP contribution >= 0.6 is 0 Å². The second kappa shape index (κ2) is 6.17. The lowest BCUT2D eigenvalue weighted by Gasteiger charge is -2.22. The fraction of sp³-hybridized carbons (Fsp3) is 0.143. The molecule has 1 aliphatic heterocycles. The minimum Gasteiger partial charge on any atom is -0.348 e. The second-order valence-electron chi connectivity index (χ2n) is 6.00. The van der Waals surface area contributed by atoms with Gasteiger partial charge in [-0.15, -0.1) is 0 Å². The van der Waals surface area contributed by atoms with Crippen LogP contribution in [0.5, 0.6) is 0 Å². The summed E-state index contributed by atoms with van der Waals surface area (Å²) >= 11 is 0. The summed E-state index contributed by atoms with van der Waals surface area (Å²) in [5.74, 6) is 0. The molecule has 3 aromatic carbocycles. The van der Waals surface area contributed by atoms with Crippen LogP contribution in [0.15, 0.2) is 84.9 Å². The number of fused-ring (bicyclic) bond motifs is 1. The predicted molar refractivity (Wildman–Crippen MR) is 96.6 cm³/mol. The second-order valence-corrected chi connectivity index (χ2v) is 6.00. The molecule has 0 saturated carbocycles. The van der Waals surface area contributed by atoms with Crippen molar-refractivity contribution in [3.63, 3.8) is 0 Å². The molecule has 114 valence electrons. The van der Waals surface area contributed by atoms with Crippen molar-refractivity contribution < 1.29 is 0 Å². The van der Waals surface area contributed by atoms with Gasteiger partial charge < -0.3 is 9.80 Å². The lowest BCUT2D eigenvalue weighted by atomic mass is 10.2. The van der Waals surface area contributed by atoms with Gasteiger partial charge in [0.25, 0.3) is 0 Å². The van der Waals surface area contributed by atoms with Crippen molar-refractivity contribution in [2.75, 3.05) is 16.5 Å². The van der Waals surface area contributed by atoms with Crippen LogP contribution < -0.4 is 9.80 Å². The van der Waals surface area contributed by atoms with Gasteiger partial charge in [0.15, 0.2) is 0 Å². The summed E-state index contributed by atoms with van der Waals surface area (Å²) in [6.07, 6.45) is 0. The highest BCUT2D eigenvalue weighted by molar-refractivity contribution is 5.76. The Labute approximate surface area is 137 Å². The van der Waals surface area contributed by atoms with Gasteiger partial charge in [-0.3, -0.25) is 0 Å². The van der Waals surface area contributed by atoms with Crippen molar-refractivity contribution in [1.29, 1.82) is 0 Å². The molecule has 0 aliphatic carbocycles. The van der Waals surface area contributed by atoms with Crippen LogP contribution in [-0.2, 0) is 13.1 Å². The molecule has 23 heavy (non-hydrogen) atoms. The van der Waals surface area contributed by atoms with E-state index in [2.05, 4.69) is 94.7 Å². The van der Waals surface area contributed by atoms with Gasteiger partial charge in [0, 0.05) is 13.1 Å². The summed E-state index contributed by atoms with van der Waals surface area (Å²) in [5.41, 5.74) is 5.35. The molecule has 1 heterocycles. The molecule has 0 amide bonds. The highest BCUT2D eigenvalue weighted by atomic mass is 15.4. The first-order chi connectivity index (χ1) is 11.4. The van der Waals surface area contributed by atoms with Crippen molar-refractivity contribution in [2.45, 2.75) is 13.1 Å². The van der Waals surface area contributed by atoms with Gasteiger partial charge >= 0.3 is 0 Å². The molecule has 0 saturated heterocycles. The molecule has 4 rings (SSSR count). The monoisotopic (exact) mass is 300 g/mol. The Morgan fingerprint density at radius 2 is 0.913 bits per heavy atom. The molecule has 0 atom stereocenters. The number of anilines is 2. The van der Waals surface area contributed by atoms with Gasteiger partial charge in [0.2, 0.25) is 0 Å². The summed E-state index contributed by atoms with van der Waals surface area (Å²) < 4.78 is 0. The molecule has 0 N–H and O–H groups in total. The van der Waals surface area contributed by atoms with E-state index in [-0.39, 0.29) is 0 Å². The molecular formula is C21H20N2. The Morgan fingerprint density at radius 3 is 1.35 bits per heavy atom. The standard InChI is InChI=1S/C21H20N2/c1-3-9-18(10-4-1)15-22-17-23(16-19-11-5-2-6-12-19)21-14-8-7-13-20(21)22/h1-14H,15-17H2. The molecule has 3 aromatic rings. The van der Waals surface area contributed by atoms with E-state index < -0.39 is 0 Å². The fourth-order valence-corrected chi connectivity index (χ4v) is 3.24. The third-order valence-electron chi connectivity index (χ3n) is 4.34. The fourth-order valence-electron chi connectivity index (χ4n) is 3.24. The van der Waals surface area contributed by atoms with E-state index in [1.54, 1.807) is 0 Å². The Bertz CT molecular complexity index is 702. The molecule has 1 aliphatic rings. The third-order valence-corrected chi connectivity index (χ3v) is 4.34. The first kappa shape index (κ1) is 13.9. The number of rotatable bonds is 4. The van der Waals surface area contributed by atoms with Crippen LogP contribution in [0.2, 0.25) is 0 Å². The maximum Gasteiger partial charge on any atom is 0.0911 e. The molecule has 2 heteroatoms. The average molecular weight is 300 g/mol. The lowest BCUT2D eigenvalue weighted by Crippen LogP contribution is -2.30. The van der Waals surface area contributed by atoms with Crippen molar-refractivity contribution in [3.05, 3.63) is 96.1 Å². The van der Waals surface area contributed by atoms with Crippen molar-refractivity contribution in [3.8, 4) is 0 Å². The van der Waals surface area contributed by atoms with Gasteiger partial charge in [-0.25, -0.2) is 0 Å². The zero-order valence-electron chi connectivity index (χ0n) is 13.1. The molecule has 2 nitrogen and oxygen atoms in total. The van der Waals surface area contributed by atoms with E-state index in [1.165, 1.54) is 22.5 Å². The normalized spacial score (nSPS) is 13.2. The zero-order chi connectivity index (χ0) is 15.5. The van der Waals surface area contributed by atoms with Gasteiger partial charge in [-0.05, 0) is 23.3 Å².